The third-order valence-corrected chi connectivity index (χ3v) is 7.47. The van der Waals surface area contributed by atoms with E-state index in [0.29, 0.717) is 5.56 Å². The molecule has 1 fully saturated rings. The zero-order valence-corrected chi connectivity index (χ0v) is 27.6. The van der Waals surface area contributed by atoms with Crippen molar-refractivity contribution in [1.29, 1.82) is 0 Å². The number of rotatable bonds is 9. The van der Waals surface area contributed by atoms with Crippen LogP contribution < -0.4 is 25.5 Å². The first-order valence-electron chi connectivity index (χ1n) is 14.7. The molecule has 0 aliphatic carbocycles. The number of hydrazine groups is 1. The van der Waals surface area contributed by atoms with Crippen molar-refractivity contribution >= 4 is 33.7 Å². The fraction of sp³-hybridized carbons (Fsp3) is 0.500. The molecule has 1 saturated heterocycles. The molecule has 2 heterocycles. The molecule has 0 aromatic heterocycles. The Bertz CT molecular complexity index is 1330. The van der Waals surface area contributed by atoms with Crippen LogP contribution in [0, 0.1) is 0 Å². The molecule has 1 atom stereocenters. The summed E-state index contributed by atoms with van der Waals surface area (Å²) in [4.78, 5) is 41.4. The van der Waals surface area contributed by atoms with Gasteiger partial charge in [0.05, 0.1) is 47.3 Å². The number of nitrogens with one attached hydrogen (secondary N) is 1. The molecule has 0 saturated carbocycles. The summed E-state index contributed by atoms with van der Waals surface area (Å²) >= 11 is 0. The second-order valence-corrected chi connectivity index (χ2v) is 13.5. The molecule has 5 N–H and O–H groups in total. The number of hydroxylamine groups is 2. The number of fused-ring (bicyclic) bond motifs is 4. The van der Waals surface area contributed by atoms with Crippen molar-refractivity contribution in [1.82, 2.24) is 14.8 Å². The Morgan fingerprint density at radius 2 is 1.39 bits per heavy atom. The molecular weight excluding hydrogens is 588 g/mol. The van der Waals surface area contributed by atoms with E-state index < -0.39 is 40.7 Å². The number of aliphatic carboxylic acids is 1. The van der Waals surface area contributed by atoms with Gasteiger partial charge in [0, 0.05) is 5.56 Å². The van der Waals surface area contributed by atoms with Gasteiger partial charge in [-0.2, -0.15) is 10.1 Å². The molecule has 14 heteroatoms. The molecule has 244 valence electrons. The summed E-state index contributed by atoms with van der Waals surface area (Å²) in [6.45, 7) is 16.8. The lowest BCUT2D eigenvalue weighted by Crippen LogP contribution is -2.92. The number of hydrogen-bond acceptors (Lipinski definition) is 7. The summed E-state index contributed by atoms with van der Waals surface area (Å²) in [6, 6.07) is 14.2. The number of urea groups is 2. The fourth-order valence-electron chi connectivity index (χ4n) is 4.89. The lowest BCUT2D eigenvalue weighted by Gasteiger charge is -2.34. The van der Waals surface area contributed by atoms with E-state index in [1.165, 1.54) is 24.3 Å². The predicted octanol–water partition coefficient (Wildman–Crippen LogP) is 0.714. The van der Waals surface area contributed by atoms with Crippen LogP contribution in [0.3, 0.4) is 0 Å². The average molecular weight is 636 g/mol. The van der Waals surface area contributed by atoms with E-state index in [9.17, 15) is 27.9 Å². The number of carboxylic acid groups (broad SMARTS) is 1. The maximum absolute atomic E-state index is 12.9. The number of carbonyl (C=O) groups is 3. The smallest absolute Gasteiger partial charge is 0.363 e. The van der Waals surface area contributed by atoms with Crippen molar-refractivity contribution in [3.8, 4) is 0 Å². The maximum Gasteiger partial charge on any atom is 0.363 e. The topological polar surface area (TPSA) is 173 Å². The first-order valence-corrected chi connectivity index (χ1v) is 16.2. The van der Waals surface area contributed by atoms with E-state index in [0.717, 1.165) is 39.2 Å². The molecule has 2 aromatic rings. The number of anilines is 1. The highest BCUT2D eigenvalue weighted by Crippen LogP contribution is 2.42. The first-order chi connectivity index (χ1) is 20.5. The van der Waals surface area contributed by atoms with Gasteiger partial charge < -0.3 is 20.5 Å². The van der Waals surface area contributed by atoms with Gasteiger partial charge in [-0.3, -0.25) is 4.84 Å². The summed E-state index contributed by atoms with van der Waals surface area (Å²) in [7, 11) is -4.19. The molecule has 2 aromatic carbocycles. The monoisotopic (exact) mass is 635 g/mol. The van der Waals surface area contributed by atoms with Gasteiger partial charge in [0.2, 0.25) is 0 Å². The van der Waals surface area contributed by atoms with Crippen LogP contribution in [0.25, 0.3) is 0 Å². The lowest BCUT2D eigenvalue weighted by molar-refractivity contribution is -0.709. The van der Waals surface area contributed by atoms with Crippen LogP contribution >= 0.6 is 0 Å². The van der Waals surface area contributed by atoms with Crippen molar-refractivity contribution in [3.63, 3.8) is 0 Å². The molecular formula is C30H47N6O7S+. The van der Waals surface area contributed by atoms with Gasteiger partial charge in [0.25, 0.3) is 10.0 Å². The van der Waals surface area contributed by atoms with Gasteiger partial charge in [0.1, 0.15) is 12.6 Å². The van der Waals surface area contributed by atoms with Gasteiger partial charge in [-0.25, -0.2) is 27.7 Å². The number of nitrogens with zero attached hydrogens (tertiary/aromatic N) is 3. The second kappa shape index (κ2) is 16.4. The van der Waals surface area contributed by atoms with E-state index >= 15 is 0 Å². The Kier molecular flexibility index (Phi) is 13.6. The van der Waals surface area contributed by atoms with Gasteiger partial charge >= 0.3 is 12.1 Å². The molecule has 44 heavy (non-hydrogen) atoms. The number of nitrogens with two attached hydrogens (primary N) is 2. The third kappa shape index (κ3) is 10.5. The minimum Gasteiger partial charge on any atom is -0.548 e. The van der Waals surface area contributed by atoms with Crippen LogP contribution in [-0.4, -0.2) is 73.8 Å². The highest BCUT2D eigenvalue weighted by Gasteiger charge is 2.50. The van der Waals surface area contributed by atoms with E-state index in [4.69, 9.17) is 4.84 Å². The molecule has 0 spiro atoms. The summed E-state index contributed by atoms with van der Waals surface area (Å²) in [6.07, 6.45) is 0. The Morgan fingerprint density at radius 3 is 1.86 bits per heavy atom. The van der Waals surface area contributed by atoms with Crippen LogP contribution in [0.15, 0.2) is 59.5 Å². The number of hydrogen-bond donors (Lipinski definition) is 3. The normalized spacial score (nSPS) is 15.6. The molecule has 2 aliphatic rings. The Hall–Kier alpha value is -3.72. The van der Waals surface area contributed by atoms with E-state index in [2.05, 4.69) is 66.0 Å². The van der Waals surface area contributed by atoms with Crippen molar-refractivity contribution in [2.24, 2.45) is 0 Å². The van der Waals surface area contributed by atoms with E-state index in [-0.39, 0.29) is 17.1 Å². The minimum atomic E-state index is -4.19. The number of benzene rings is 2. The van der Waals surface area contributed by atoms with Crippen LogP contribution in [0.2, 0.25) is 0 Å². The average Bonchev–Trinajstić information content (AvgIpc) is 3.18. The minimum absolute atomic E-state index is 0.0400. The zero-order chi connectivity index (χ0) is 33.2. The largest absolute Gasteiger partial charge is 0.548 e. The van der Waals surface area contributed by atoms with Crippen molar-refractivity contribution in [2.75, 3.05) is 18.2 Å². The highest BCUT2D eigenvalue weighted by molar-refractivity contribution is 7.90. The van der Waals surface area contributed by atoms with Crippen LogP contribution in [0.5, 0.6) is 0 Å². The van der Waals surface area contributed by atoms with Crippen LogP contribution in [0.1, 0.15) is 67.0 Å². The molecule has 13 nitrogen and oxygen atoms in total. The highest BCUT2D eigenvalue weighted by atomic mass is 32.2. The van der Waals surface area contributed by atoms with E-state index in [1.54, 1.807) is 30.3 Å². The molecule has 1 unspecified atom stereocenters. The molecule has 4 rings (SSSR count). The molecule has 2 bridgehead atoms. The third-order valence-electron chi connectivity index (χ3n) is 6.13. The zero-order valence-electron chi connectivity index (χ0n) is 26.8. The Balaban J connectivity index is 0.000000402. The van der Waals surface area contributed by atoms with Gasteiger partial charge in [-0.1, -0.05) is 36.4 Å². The predicted molar refractivity (Wildman–Crippen MR) is 163 cm³/mol. The standard InChI is InChI=1S/C18H16N4O7S.2C6H15N/c23-16(24)11-29-22-15-10-20(18(22)26)21(14-9-5-4-8-13(14)15)17(25)19-30(27,28)12-6-2-1-3-7-12;2*1-5(2)7-6(3)4/h1-9,15H,10-11H2,(H,19,25)(H,23,24);2*5-7H,1-4H3/p+1. The SMILES string of the molecule is CC(C)[NH2+]C(C)C.CC(C)[NH2+]C(C)C.O=C([O-])CON1C(=O)N2CC1c1ccccc1N2C(=O)NS(=O)(=O)c1ccccc1. The second-order valence-electron chi connectivity index (χ2n) is 11.8. The van der Waals surface area contributed by atoms with Crippen molar-refractivity contribution in [3.05, 3.63) is 60.2 Å². The molecule has 4 amide bonds. The Labute approximate surface area is 260 Å². The van der Waals surface area contributed by atoms with Crippen LogP contribution in [-0.2, 0) is 19.7 Å². The summed E-state index contributed by atoms with van der Waals surface area (Å²) in [5, 5.41) is 18.1. The van der Waals surface area contributed by atoms with Crippen molar-refractivity contribution in [2.45, 2.75) is 90.5 Å². The van der Waals surface area contributed by atoms with Gasteiger partial charge in [-0.15, -0.1) is 0 Å². The number of carbonyl (C=O) groups excluding carboxylic acids is 3. The summed E-state index contributed by atoms with van der Waals surface area (Å²) < 4.78 is 27.1. The molecule has 0 radical (unpaired) electrons. The van der Waals surface area contributed by atoms with Crippen molar-refractivity contribution < 1.29 is 43.4 Å². The number of para-hydroxylation sites is 1. The quantitative estimate of drug-likeness (QED) is 0.364. The van der Waals surface area contributed by atoms with Crippen LogP contribution in [0.4, 0.5) is 15.3 Å². The first kappa shape index (κ1) is 36.5. The number of sulfonamides is 1. The number of amides is 4. The number of carboxylic acids is 1. The molecule has 2 aliphatic heterocycles. The lowest BCUT2D eigenvalue weighted by atomic mass is 10.0. The maximum atomic E-state index is 12.9. The summed E-state index contributed by atoms with van der Waals surface area (Å²) in [5.74, 6) is -1.52. The Morgan fingerprint density at radius 1 is 0.886 bits per heavy atom. The van der Waals surface area contributed by atoms with E-state index in [1.807, 2.05) is 4.72 Å². The van der Waals surface area contributed by atoms with Gasteiger partial charge in [-0.05, 0) is 73.6 Å². The number of quaternary nitrogens is 2. The summed E-state index contributed by atoms with van der Waals surface area (Å²) in [5.41, 5.74) is 0.757. The van der Waals surface area contributed by atoms with Gasteiger partial charge in [0.15, 0.2) is 0 Å². The fourth-order valence-corrected chi connectivity index (χ4v) is 5.84.